The molecule has 0 unspecified atom stereocenters. The summed E-state index contributed by atoms with van der Waals surface area (Å²) in [6.45, 7) is 4.02. The second kappa shape index (κ2) is 11.5. The smallest absolute Gasteiger partial charge is 0.250 e. The first-order chi connectivity index (χ1) is 13.1. The fourth-order valence-electron chi connectivity index (χ4n) is 2.13. The number of hydrazone groups is 1. The Kier molecular flexibility index (Phi) is 8.94. The highest BCUT2D eigenvalue weighted by Gasteiger charge is 2.05. The summed E-state index contributed by atoms with van der Waals surface area (Å²) in [5, 5.41) is 3.99. The van der Waals surface area contributed by atoms with Crippen LogP contribution in [0.5, 0.6) is 11.5 Å². The van der Waals surface area contributed by atoms with Gasteiger partial charge in [0.05, 0.1) is 19.1 Å². The molecule has 1 N–H and O–H groups in total. The lowest BCUT2D eigenvalue weighted by Gasteiger charge is -2.09. The molecule has 27 heavy (non-hydrogen) atoms. The van der Waals surface area contributed by atoms with Gasteiger partial charge in [0, 0.05) is 10.2 Å². The van der Waals surface area contributed by atoms with Gasteiger partial charge >= 0.3 is 0 Å². The fraction of sp³-hybridized carbons (Fsp3) is 0.200. The maximum Gasteiger partial charge on any atom is 0.250 e. The van der Waals surface area contributed by atoms with Gasteiger partial charge in [0.1, 0.15) is 6.61 Å². The van der Waals surface area contributed by atoms with Crippen LogP contribution in [0.25, 0.3) is 0 Å². The average Bonchev–Trinajstić information content (AvgIpc) is 2.67. The van der Waals surface area contributed by atoms with E-state index in [0.717, 1.165) is 21.4 Å². The summed E-state index contributed by atoms with van der Waals surface area (Å²) in [5.74, 6) is 2.17. The number of nitrogens with one attached hydrogen (secondary N) is 1. The molecule has 0 bridgehead atoms. The fourth-order valence-corrected chi connectivity index (χ4v) is 3.35. The molecule has 0 saturated heterocycles. The highest BCUT2D eigenvalue weighted by atomic mass is 79.9. The van der Waals surface area contributed by atoms with Crippen LogP contribution < -0.4 is 14.9 Å². The number of rotatable bonds is 10. The number of thioether (sulfide) groups is 1. The van der Waals surface area contributed by atoms with Crippen LogP contribution in [0.2, 0.25) is 0 Å². The summed E-state index contributed by atoms with van der Waals surface area (Å²) in [6.07, 6.45) is 3.23. The van der Waals surface area contributed by atoms with E-state index in [9.17, 15) is 4.79 Å². The van der Waals surface area contributed by atoms with Crippen molar-refractivity contribution >= 4 is 39.8 Å². The monoisotopic (exact) mass is 448 g/mol. The number of hydrogen-bond acceptors (Lipinski definition) is 5. The van der Waals surface area contributed by atoms with Gasteiger partial charge in [-0.2, -0.15) is 5.10 Å². The Bertz CT molecular complexity index is 812. The van der Waals surface area contributed by atoms with Gasteiger partial charge in [0.25, 0.3) is 0 Å². The lowest BCUT2D eigenvalue weighted by atomic mass is 10.2. The normalized spacial score (nSPS) is 10.6. The van der Waals surface area contributed by atoms with Crippen LogP contribution in [0.3, 0.4) is 0 Å². The molecular weight excluding hydrogens is 428 g/mol. The first-order valence-corrected chi connectivity index (χ1v) is 10.1. The molecule has 0 atom stereocenters. The topological polar surface area (TPSA) is 59.9 Å². The van der Waals surface area contributed by atoms with Crippen LogP contribution in [-0.4, -0.2) is 31.6 Å². The van der Waals surface area contributed by atoms with Crippen molar-refractivity contribution in [1.29, 1.82) is 0 Å². The van der Waals surface area contributed by atoms with Crippen LogP contribution >= 0.6 is 27.7 Å². The Hall–Kier alpha value is -2.25. The Morgan fingerprint density at radius 2 is 2.15 bits per heavy atom. The molecule has 2 rings (SSSR count). The predicted molar refractivity (Wildman–Crippen MR) is 115 cm³/mol. The van der Waals surface area contributed by atoms with E-state index in [2.05, 4.69) is 33.0 Å². The van der Waals surface area contributed by atoms with E-state index in [4.69, 9.17) is 9.47 Å². The second-order valence-corrected chi connectivity index (χ2v) is 7.33. The van der Waals surface area contributed by atoms with E-state index in [0.29, 0.717) is 23.9 Å². The Morgan fingerprint density at radius 3 is 2.89 bits per heavy atom. The first kappa shape index (κ1) is 21.1. The summed E-state index contributed by atoms with van der Waals surface area (Å²) in [4.78, 5) is 11.9. The maximum atomic E-state index is 11.9. The molecule has 0 aromatic heterocycles. The molecule has 2 aromatic carbocycles. The van der Waals surface area contributed by atoms with E-state index in [1.54, 1.807) is 31.5 Å². The summed E-state index contributed by atoms with van der Waals surface area (Å²) in [5.41, 5.74) is 4.49. The molecule has 7 heteroatoms. The number of nitrogens with zero attached hydrogens (tertiary/aromatic N) is 1. The standard InChI is InChI=1S/C20H21BrN2O3S/c1-3-9-26-18-8-7-15(11-19(18)25-2)12-22-23-20(24)14-27-13-16-5-4-6-17(21)10-16/h3-8,10-12H,1,9,13-14H2,2H3,(H,23,24)/b22-12+. The van der Waals surface area contributed by atoms with Gasteiger partial charge in [-0.25, -0.2) is 5.43 Å². The summed E-state index contributed by atoms with van der Waals surface area (Å²) in [7, 11) is 1.57. The van der Waals surface area contributed by atoms with Crippen LogP contribution in [-0.2, 0) is 10.5 Å². The van der Waals surface area contributed by atoms with Crippen molar-refractivity contribution in [2.75, 3.05) is 19.5 Å². The van der Waals surface area contributed by atoms with E-state index in [1.165, 1.54) is 11.8 Å². The molecular formula is C20H21BrN2O3S. The maximum absolute atomic E-state index is 11.9. The van der Waals surface area contributed by atoms with Crippen LogP contribution in [0.15, 0.2) is 64.7 Å². The van der Waals surface area contributed by atoms with E-state index in [-0.39, 0.29) is 5.91 Å². The number of carbonyl (C=O) groups excluding carboxylic acids is 1. The van der Waals surface area contributed by atoms with Crippen LogP contribution in [0, 0.1) is 0 Å². The van der Waals surface area contributed by atoms with E-state index >= 15 is 0 Å². The van der Waals surface area contributed by atoms with Gasteiger partial charge in [0.2, 0.25) is 5.91 Å². The highest BCUT2D eigenvalue weighted by Crippen LogP contribution is 2.27. The number of amides is 1. The quantitative estimate of drug-likeness (QED) is 0.332. The van der Waals surface area contributed by atoms with Crippen molar-refractivity contribution in [2.24, 2.45) is 5.10 Å². The molecule has 0 heterocycles. The molecule has 5 nitrogen and oxygen atoms in total. The van der Waals surface area contributed by atoms with Gasteiger partial charge in [-0.15, -0.1) is 11.8 Å². The summed E-state index contributed by atoms with van der Waals surface area (Å²) in [6, 6.07) is 13.4. The number of benzene rings is 2. The van der Waals surface area contributed by atoms with Crippen molar-refractivity contribution in [3.8, 4) is 11.5 Å². The summed E-state index contributed by atoms with van der Waals surface area (Å²) < 4.78 is 11.8. The molecule has 0 aliphatic carbocycles. The molecule has 0 aliphatic heterocycles. The molecule has 0 fully saturated rings. The summed E-state index contributed by atoms with van der Waals surface area (Å²) >= 11 is 4.97. The van der Waals surface area contributed by atoms with Gasteiger partial charge < -0.3 is 9.47 Å². The molecule has 2 aromatic rings. The third-order valence-corrected chi connectivity index (χ3v) is 4.84. The van der Waals surface area contributed by atoms with Crippen molar-refractivity contribution in [3.05, 3.63) is 70.7 Å². The second-order valence-electron chi connectivity index (χ2n) is 5.43. The lowest BCUT2D eigenvalue weighted by Crippen LogP contribution is -2.19. The Balaban J connectivity index is 1.80. The number of methoxy groups -OCH3 is 1. The largest absolute Gasteiger partial charge is 0.493 e. The first-order valence-electron chi connectivity index (χ1n) is 8.18. The third kappa shape index (κ3) is 7.48. The lowest BCUT2D eigenvalue weighted by molar-refractivity contribution is -0.118. The molecule has 1 amide bonds. The molecule has 0 saturated carbocycles. The van der Waals surface area contributed by atoms with Crippen molar-refractivity contribution in [3.63, 3.8) is 0 Å². The van der Waals surface area contributed by atoms with E-state index in [1.807, 2.05) is 30.3 Å². The number of halogens is 1. The predicted octanol–water partition coefficient (Wildman–Crippen LogP) is 4.41. The van der Waals surface area contributed by atoms with Crippen LogP contribution in [0.4, 0.5) is 0 Å². The van der Waals surface area contributed by atoms with Gasteiger partial charge in [0.15, 0.2) is 11.5 Å². The minimum absolute atomic E-state index is 0.149. The zero-order chi connectivity index (χ0) is 19.5. The molecule has 0 spiro atoms. The van der Waals surface area contributed by atoms with Crippen LogP contribution in [0.1, 0.15) is 11.1 Å². The number of carbonyl (C=O) groups is 1. The minimum atomic E-state index is -0.149. The van der Waals surface area contributed by atoms with Crippen molar-refractivity contribution in [1.82, 2.24) is 5.43 Å². The minimum Gasteiger partial charge on any atom is -0.493 e. The highest BCUT2D eigenvalue weighted by molar-refractivity contribution is 9.10. The van der Waals surface area contributed by atoms with E-state index < -0.39 is 0 Å². The average molecular weight is 449 g/mol. The zero-order valence-corrected chi connectivity index (χ0v) is 17.4. The van der Waals surface area contributed by atoms with Gasteiger partial charge in [-0.1, -0.05) is 40.7 Å². The Morgan fingerprint density at radius 1 is 1.30 bits per heavy atom. The number of ether oxygens (including phenoxy) is 2. The molecule has 0 radical (unpaired) electrons. The van der Waals surface area contributed by atoms with Crippen molar-refractivity contribution < 1.29 is 14.3 Å². The molecule has 0 aliphatic rings. The molecule has 142 valence electrons. The van der Waals surface area contributed by atoms with Gasteiger partial charge in [-0.3, -0.25) is 4.79 Å². The number of hydrogen-bond donors (Lipinski definition) is 1. The van der Waals surface area contributed by atoms with Gasteiger partial charge in [-0.05, 0) is 41.5 Å². The zero-order valence-electron chi connectivity index (χ0n) is 15.0. The Labute approximate surface area is 172 Å². The van der Waals surface area contributed by atoms with Crippen molar-refractivity contribution in [2.45, 2.75) is 5.75 Å². The SMILES string of the molecule is C=CCOc1ccc(/C=N/NC(=O)CSCc2cccc(Br)c2)cc1OC. The third-order valence-electron chi connectivity index (χ3n) is 3.34.